The predicted octanol–water partition coefficient (Wildman–Crippen LogP) is 1.24. The Morgan fingerprint density at radius 2 is 1.88 bits per heavy atom. The van der Waals surface area contributed by atoms with E-state index in [1.165, 1.54) is 0 Å². The minimum Gasteiger partial charge on any atom is -0.350 e. The topological polar surface area (TPSA) is 78.7 Å². The molecule has 0 saturated carbocycles. The molecule has 1 aliphatic rings. The Kier molecular flexibility index (Phi) is 5.45. The highest BCUT2D eigenvalue weighted by Crippen LogP contribution is 2.18. The first-order chi connectivity index (χ1) is 12.1. The second kappa shape index (κ2) is 7.94. The molecule has 1 N–H and O–H groups in total. The van der Waals surface area contributed by atoms with Crippen LogP contribution in [0.1, 0.15) is 17.0 Å². The third kappa shape index (κ3) is 4.45. The molecule has 1 fully saturated rings. The van der Waals surface area contributed by atoms with Gasteiger partial charge in [-0.15, -0.1) is 0 Å². The summed E-state index contributed by atoms with van der Waals surface area (Å²) in [5, 5.41) is 6.63. The van der Waals surface area contributed by atoms with E-state index in [0.29, 0.717) is 5.69 Å². The van der Waals surface area contributed by atoms with E-state index in [1.54, 1.807) is 6.07 Å². The van der Waals surface area contributed by atoms with E-state index in [1.807, 2.05) is 42.3 Å². The number of nitrogens with one attached hydrogen (secondary N) is 1. The summed E-state index contributed by atoms with van der Waals surface area (Å²) < 4.78 is 5.10. The molecule has 0 spiro atoms. The van der Waals surface area contributed by atoms with Crippen molar-refractivity contribution < 1.29 is 14.1 Å². The molecule has 1 aromatic heterocycles. The van der Waals surface area contributed by atoms with Gasteiger partial charge >= 0.3 is 0 Å². The first-order valence-electron chi connectivity index (χ1n) is 8.40. The fourth-order valence-corrected chi connectivity index (χ4v) is 2.71. The van der Waals surface area contributed by atoms with Crippen molar-refractivity contribution in [2.75, 3.05) is 39.8 Å². The largest absolute Gasteiger partial charge is 0.350 e. The summed E-state index contributed by atoms with van der Waals surface area (Å²) in [6.45, 7) is 3.54. The Morgan fingerprint density at radius 3 is 2.60 bits per heavy atom. The van der Waals surface area contributed by atoms with Gasteiger partial charge in [-0.05, 0) is 7.05 Å². The molecule has 0 radical (unpaired) electrons. The molecule has 0 aliphatic carbocycles. The van der Waals surface area contributed by atoms with Crippen LogP contribution in [-0.2, 0) is 4.79 Å². The first kappa shape index (κ1) is 17.2. The van der Waals surface area contributed by atoms with Gasteiger partial charge in [0.05, 0.1) is 0 Å². The minimum atomic E-state index is -0.360. The summed E-state index contributed by atoms with van der Waals surface area (Å²) in [5.41, 5.74) is 1.50. The number of benzene rings is 1. The van der Waals surface area contributed by atoms with Crippen LogP contribution in [0.3, 0.4) is 0 Å². The zero-order valence-corrected chi connectivity index (χ0v) is 14.3. The van der Waals surface area contributed by atoms with Gasteiger partial charge in [-0.1, -0.05) is 35.5 Å². The van der Waals surface area contributed by atoms with Crippen LogP contribution < -0.4 is 5.32 Å². The maximum atomic E-state index is 12.1. The van der Waals surface area contributed by atoms with Crippen LogP contribution in [0.2, 0.25) is 0 Å². The van der Waals surface area contributed by atoms with Crippen molar-refractivity contribution in [2.24, 2.45) is 0 Å². The lowest BCUT2D eigenvalue weighted by atomic mass is 10.1. The average molecular weight is 342 g/mol. The summed E-state index contributed by atoms with van der Waals surface area (Å²) in [7, 11) is 2.04. The van der Waals surface area contributed by atoms with Gasteiger partial charge in [0, 0.05) is 50.8 Å². The molecule has 7 heteroatoms. The number of likely N-dealkylation sites (N-methyl/N-ethyl adjacent to an activating group) is 1. The van der Waals surface area contributed by atoms with Gasteiger partial charge in [0.2, 0.25) is 11.7 Å². The number of rotatable bonds is 5. The number of aromatic nitrogens is 1. The molecule has 2 heterocycles. The standard InChI is InChI=1S/C18H22N4O3/c1-21-9-11-22(12-10-21)17(23)7-8-19-18(24)16-13-15(20-25-16)14-5-3-2-4-6-14/h2-6,13H,7-12H2,1H3,(H,19,24). The number of piperazine rings is 1. The number of amides is 2. The van der Waals surface area contributed by atoms with E-state index >= 15 is 0 Å². The molecule has 1 aromatic carbocycles. The van der Waals surface area contributed by atoms with E-state index in [-0.39, 0.29) is 30.5 Å². The van der Waals surface area contributed by atoms with Crippen molar-refractivity contribution in [3.05, 3.63) is 42.2 Å². The normalized spacial score (nSPS) is 15.2. The minimum absolute atomic E-state index is 0.0657. The Bertz CT molecular complexity index is 721. The van der Waals surface area contributed by atoms with Crippen molar-refractivity contribution in [1.82, 2.24) is 20.3 Å². The molecule has 0 unspecified atom stereocenters. The maximum absolute atomic E-state index is 12.1. The Labute approximate surface area is 146 Å². The molecule has 0 bridgehead atoms. The fourth-order valence-electron chi connectivity index (χ4n) is 2.71. The third-order valence-corrected chi connectivity index (χ3v) is 4.28. The smallest absolute Gasteiger partial charge is 0.289 e. The first-order valence-corrected chi connectivity index (χ1v) is 8.40. The lowest BCUT2D eigenvalue weighted by Crippen LogP contribution is -2.47. The zero-order chi connectivity index (χ0) is 17.6. The lowest BCUT2D eigenvalue weighted by Gasteiger charge is -2.32. The summed E-state index contributed by atoms with van der Waals surface area (Å²) in [4.78, 5) is 28.3. The molecule has 132 valence electrons. The number of nitrogens with zero attached hydrogens (tertiary/aromatic N) is 3. The molecular formula is C18H22N4O3. The quantitative estimate of drug-likeness (QED) is 0.884. The van der Waals surface area contributed by atoms with Crippen LogP contribution in [0.4, 0.5) is 0 Å². The summed E-state index contributed by atoms with van der Waals surface area (Å²) in [6, 6.07) is 11.1. The van der Waals surface area contributed by atoms with Crippen LogP contribution in [0.5, 0.6) is 0 Å². The van der Waals surface area contributed by atoms with Crippen molar-refractivity contribution in [3.63, 3.8) is 0 Å². The van der Waals surface area contributed by atoms with Crippen LogP contribution in [0.15, 0.2) is 40.9 Å². The van der Waals surface area contributed by atoms with Gasteiger partial charge in [0.25, 0.3) is 5.91 Å². The molecule has 2 aromatic rings. The molecule has 1 saturated heterocycles. The molecular weight excluding hydrogens is 320 g/mol. The highest BCUT2D eigenvalue weighted by Gasteiger charge is 2.19. The van der Waals surface area contributed by atoms with E-state index in [2.05, 4.69) is 15.4 Å². The fraction of sp³-hybridized carbons (Fsp3) is 0.389. The molecule has 3 rings (SSSR count). The van der Waals surface area contributed by atoms with Crippen LogP contribution in [0.25, 0.3) is 11.3 Å². The molecule has 2 amide bonds. The van der Waals surface area contributed by atoms with Crippen LogP contribution >= 0.6 is 0 Å². The molecule has 7 nitrogen and oxygen atoms in total. The second-order valence-electron chi connectivity index (χ2n) is 6.13. The third-order valence-electron chi connectivity index (χ3n) is 4.28. The molecule has 0 atom stereocenters. The number of carbonyl (C=O) groups is 2. The van der Waals surface area contributed by atoms with Gasteiger partial charge in [-0.3, -0.25) is 9.59 Å². The average Bonchev–Trinajstić information content (AvgIpc) is 3.13. The predicted molar refractivity (Wildman–Crippen MR) is 93.0 cm³/mol. The highest BCUT2D eigenvalue weighted by atomic mass is 16.5. The zero-order valence-electron chi connectivity index (χ0n) is 14.3. The van der Waals surface area contributed by atoms with Gasteiger partial charge < -0.3 is 19.6 Å². The van der Waals surface area contributed by atoms with Crippen LogP contribution in [0, 0.1) is 0 Å². The SMILES string of the molecule is CN1CCN(C(=O)CCNC(=O)c2cc(-c3ccccc3)no2)CC1. The maximum Gasteiger partial charge on any atom is 0.289 e. The van der Waals surface area contributed by atoms with Gasteiger partial charge in [-0.2, -0.15) is 0 Å². The second-order valence-corrected chi connectivity index (χ2v) is 6.13. The number of hydrogen-bond acceptors (Lipinski definition) is 5. The van der Waals surface area contributed by atoms with Crippen molar-refractivity contribution >= 4 is 11.8 Å². The lowest BCUT2D eigenvalue weighted by molar-refractivity contribution is -0.132. The van der Waals surface area contributed by atoms with E-state index < -0.39 is 0 Å². The number of carbonyl (C=O) groups excluding carboxylic acids is 2. The highest BCUT2D eigenvalue weighted by molar-refractivity contribution is 5.92. The van der Waals surface area contributed by atoms with Gasteiger partial charge in [0.1, 0.15) is 5.69 Å². The van der Waals surface area contributed by atoms with E-state index in [4.69, 9.17) is 4.52 Å². The summed E-state index contributed by atoms with van der Waals surface area (Å²) >= 11 is 0. The van der Waals surface area contributed by atoms with Gasteiger partial charge in [-0.25, -0.2) is 0 Å². The summed E-state index contributed by atoms with van der Waals surface area (Å²) in [6.07, 6.45) is 0.287. The Hall–Kier alpha value is -2.67. The monoisotopic (exact) mass is 342 g/mol. The molecule has 1 aliphatic heterocycles. The summed E-state index contributed by atoms with van der Waals surface area (Å²) in [5.74, 6) is -0.150. The van der Waals surface area contributed by atoms with E-state index in [9.17, 15) is 9.59 Å². The Balaban J connectivity index is 1.47. The van der Waals surface area contributed by atoms with E-state index in [0.717, 1.165) is 31.7 Å². The van der Waals surface area contributed by atoms with Crippen molar-refractivity contribution in [1.29, 1.82) is 0 Å². The number of hydrogen-bond donors (Lipinski definition) is 1. The van der Waals surface area contributed by atoms with Crippen LogP contribution in [-0.4, -0.2) is 66.5 Å². The Morgan fingerprint density at radius 1 is 1.16 bits per heavy atom. The van der Waals surface area contributed by atoms with Gasteiger partial charge in [0.15, 0.2) is 0 Å². The van der Waals surface area contributed by atoms with Crippen molar-refractivity contribution in [3.8, 4) is 11.3 Å². The van der Waals surface area contributed by atoms with Crippen molar-refractivity contribution in [2.45, 2.75) is 6.42 Å². The molecule has 25 heavy (non-hydrogen) atoms.